The highest BCUT2D eigenvalue weighted by Gasteiger charge is 2.15. The molecule has 2 nitrogen and oxygen atoms in total. The molecule has 0 spiro atoms. The normalized spacial score (nSPS) is 12.5. The zero-order chi connectivity index (χ0) is 12.3. The van der Waals surface area contributed by atoms with E-state index in [1.165, 1.54) is 0 Å². The predicted octanol–water partition coefficient (Wildman–Crippen LogP) is 3.23. The van der Waals surface area contributed by atoms with Gasteiger partial charge in [-0.05, 0) is 13.0 Å². The molecule has 2 N–H and O–H groups in total. The highest BCUT2D eigenvalue weighted by atomic mass is 79.9. The van der Waals surface area contributed by atoms with E-state index in [1.807, 2.05) is 0 Å². The number of benzene rings is 1. The van der Waals surface area contributed by atoms with E-state index in [9.17, 15) is 13.9 Å². The molecule has 1 rings (SSSR count). The second-order valence-corrected chi connectivity index (χ2v) is 4.57. The summed E-state index contributed by atoms with van der Waals surface area (Å²) in [6.45, 7) is 5.76. The lowest BCUT2D eigenvalue weighted by molar-refractivity contribution is 0.411. The van der Waals surface area contributed by atoms with Gasteiger partial charge in [0.2, 0.25) is 0 Å². The summed E-state index contributed by atoms with van der Waals surface area (Å²) in [5.41, 5.74) is 0.186. The van der Waals surface area contributed by atoms with Gasteiger partial charge in [0, 0.05) is 28.7 Å². The molecule has 88 valence electrons. The summed E-state index contributed by atoms with van der Waals surface area (Å²) in [6, 6.07) is 1.38. The largest absolute Gasteiger partial charge is 0.505 e. The average Bonchev–Trinajstić information content (AvgIpc) is 2.19. The highest BCUT2D eigenvalue weighted by Crippen LogP contribution is 2.28. The van der Waals surface area contributed by atoms with Gasteiger partial charge in [0.1, 0.15) is 5.82 Å². The summed E-state index contributed by atoms with van der Waals surface area (Å²) in [5.74, 6) is -2.19. The van der Waals surface area contributed by atoms with Crippen LogP contribution in [0.15, 0.2) is 23.2 Å². The molecule has 16 heavy (non-hydrogen) atoms. The lowest BCUT2D eigenvalue weighted by Gasteiger charge is -2.15. The van der Waals surface area contributed by atoms with Crippen molar-refractivity contribution in [3.8, 4) is 5.75 Å². The van der Waals surface area contributed by atoms with Crippen LogP contribution in [0.2, 0.25) is 0 Å². The number of phenolic OH excluding ortho intramolecular Hbond substituents is 1. The number of halogens is 3. The number of rotatable bonds is 4. The first kappa shape index (κ1) is 13.1. The van der Waals surface area contributed by atoms with Crippen molar-refractivity contribution in [2.75, 3.05) is 6.54 Å². The summed E-state index contributed by atoms with van der Waals surface area (Å²) < 4.78 is 26.7. The number of aromatic hydroxyl groups is 1. The van der Waals surface area contributed by atoms with Crippen molar-refractivity contribution in [2.45, 2.75) is 13.0 Å². The second kappa shape index (κ2) is 5.41. The molecule has 0 aliphatic heterocycles. The Labute approximate surface area is 101 Å². The minimum atomic E-state index is -0.957. The fraction of sp³-hybridized carbons (Fsp3) is 0.273. The molecule has 0 aromatic heterocycles. The van der Waals surface area contributed by atoms with E-state index < -0.39 is 17.4 Å². The Hall–Kier alpha value is -0.940. The van der Waals surface area contributed by atoms with Gasteiger partial charge in [-0.2, -0.15) is 0 Å². The zero-order valence-corrected chi connectivity index (χ0v) is 10.3. The topological polar surface area (TPSA) is 32.3 Å². The molecular formula is C11H12BrF2NO. The van der Waals surface area contributed by atoms with Crippen LogP contribution in [0.5, 0.6) is 5.75 Å². The Morgan fingerprint density at radius 2 is 2.19 bits per heavy atom. The summed E-state index contributed by atoms with van der Waals surface area (Å²) in [6.07, 6.45) is 0. The Balaban J connectivity index is 2.90. The van der Waals surface area contributed by atoms with Crippen LogP contribution in [-0.4, -0.2) is 11.7 Å². The Kier molecular flexibility index (Phi) is 4.44. The third-order valence-electron chi connectivity index (χ3n) is 2.12. The first-order chi connectivity index (χ1) is 7.41. The standard InChI is InChI=1S/C11H12BrF2NO/c1-6(12)5-15-7(2)9-3-8(13)4-10(14)11(9)16/h3-4,7,15-16H,1,5H2,2H3. The van der Waals surface area contributed by atoms with Gasteiger partial charge in [-0.15, -0.1) is 0 Å². The molecule has 1 unspecified atom stereocenters. The van der Waals surface area contributed by atoms with E-state index in [0.29, 0.717) is 12.6 Å². The lowest BCUT2D eigenvalue weighted by atomic mass is 10.1. The molecule has 1 aromatic rings. The van der Waals surface area contributed by atoms with E-state index in [1.54, 1.807) is 6.92 Å². The quantitative estimate of drug-likeness (QED) is 0.893. The summed E-state index contributed by atoms with van der Waals surface area (Å²) in [7, 11) is 0. The molecule has 0 radical (unpaired) electrons. The van der Waals surface area contributed by atoms with Crippen molar-refractivity contribution in [3.63, 3.8) is 0 Å². The molecule has 0 saturated heterocycles. The van der Waals surface area contributed by atoms with Crippen LogP contribution in [0.1, 0.15) is 18.5 Å². The van der Waals surface area contributed by atoms with Crippen molar-refractivity contribution in [1.82, 2.24) is 5.32 Å². The molecule has 0 bridgehead atoms. The average molecular weight is 292 g/mol. The fourth-order valence-electron chi connectivity index (χ4n) is 1.29. The van der Waals surface area contributed by atoms with Crippen LogP contribution >= 0.6 is 15.9 Å². The molecule has 0 heterocycles. The van der Waals surface area contributed by atoms with E-state index in [-0.39, 0.29) is 11.6 Å². The monoisotopic (exact) mass is 291 g/mol. The van der Waals surface area contributed by atoms with Crippen LogP contribution < -0.4 is 5.32 Å². The van der Waals surface area contributed by atoms with Crippen LogP contribution in [-0.2, 0) is 0 Å². The van der Waals surface area contributed by atoms with Crippen molar-refractivity contribution in [2.24, 2.45) is 0 Å². The lowest BCUT2D eigenvalue weighted by Crippen LogP contribution is -2.20. The summed E-state index contributed by atoms with van der Waals surface area (Å²) >= 11 is 3.16. The number of nitrogens with one attached hydrogen (secondary N) is 1. The minimum absolute atomic E-state index is 0.186. The van der Waals surface area contributed by atoms with E-state index in [2.05, 4.69) is 27.8 Å². The molecule has 0 saturated carbocycles. The number of hydrogen-bond donors (Lipinski definition) is 2. The van der Waals surface area contributed by atoms with Crippen LogP contribution in [0.4, 0.5) is 8.78 Å². The molecule has 0 aliphatic carbocycles. The Morgan fingerprint density at radius 3 is 2.75 bits per heavy atom. The van der Waals surface area contributed by atoms with Crippen molar-refractivity contribution in [1.29, 1.82) is 0 Å². The van der Waals surface area contributed by atoms with Gasteiger partial charge in [0.25, 0.3) is 0 Å². The van der Waals surface area contributed by atoms with Crippen molar-refractivity contribution < 1.29 is 13.9 Å². The molecule has 0 aliphatic rings. The molecule has 1 aromatic carbocycles. The number of hydrogen-bond acceptors (Lipinski definition) is 2. The summed E-state index contributed by atoms with van der Waals surface area (Å²) in [4.78, 5) is 0. The van der Waals surface area contributed by atoms with E-state index in [0.717, 1.165) is 10.5 Å². The van der Waals surface area contributed by atoms with E-state index >= 15 is 0 Å². The SMILES string of the molecule is C=C(Br)CNC(C)c1cc(F)cc(F)c1O. The zero-order valence-electron chi connectivity index (χ0n) is 8.73. The molecule has 1 atom stereocenters. The smallest absolute Gasteiger partial charge is 0.168 e. The Morgan fingerprint density at radius 1 is 1.56 bits per heavy atom. The maximum absolute atomic E-state index is 13.1. The van der Waals surface area contributed by atoms with Crippen LogP contribution in [0.3, 0.4) is 0 Å². The van der Waals surface area contributed by atoms with Gasteiger partial charge in [0.15, 0.2) is 11.6 Å². The first-order valence-corrected chi connectivity index (χ1v) is 5.45. The molecule has 0 fully saturated rings. The first-order valence-electron chi connectivity index (χ1n) is 4.66. The molecule has 5 heteroatoms. The van der Waals surface area contributed by atoms with Gasteiger partial charge in [-0.3, -0.25) is 0 Å². The Bertz CT molecular complexity index is 409. The van der Waals surface area contributed by atoms with E-state index in [4.69, 9.17) is 0 Å². The van der Waals surface area contributed by atoms with Gasteiger partial charge in [-0.25, -0.2) is 8.78 Å². The van der Waals surface area contributed by atoms with Crippen LogP contribution in [0, 0.1) is 11.6 Å². The van der Waals surface area contributed by atoms with Gasteiger partial charge in [0.05, 0.1) is 0 Å². The van der Waals surface area contributed by atoms with Crippen LogP contribution in [0.25, 0.3) is 0 Å². The molecule has 0 amide bonds. The second-order valence-electron chi connectivity index (χ2n) is 3.45. The van der Waals surface area contributed by atoms with Gasteiger partial charge in [-0.1, -0.05) is 22.5 Å². The minimum Gasteiger partial charge on any atom is -0.505 e. The third-order valence-corrected chi connectivity index (χ3v) is 2.40. The summed E-state index contributed by atoms with van der Waals surface area (Å²) in [5, 5.41) is 12.4. The number of phenols is 1. The van der Waals surface area contributed by atoms with Crippen molar-refractivity contribution in [3.05, 3.63) is 40.4 Å². The fourth-order valence-corrected chi connectivity index (χ4v) is 1.45. The maximum atomic E-state index is 13.1. The third kappa shape index (κ3) is 3.28. The van der Waals surface area contributed by atoms with Gasteiger partial charge >= 0.3 is 0 Å². The van der Waals surface area contributed by atoms with Gasteiger partial charge < -0.3 is 10.4 Å². The predicted molar refractivity (Wildman–Crippen MR) is 62.5 cm³/mol. The van der Waals surface area contributed by atoms with Crippen molar-refractivity contribution >= 4 is 15.9 Å². The molecular weight excluding hydrogens is 280 g/mol. The highest BCUT2D eigenvalue weighted by molar-refractivity contribution is 9.11. The maximum Gasteiger partial charge on any atom is 0.168 e.